The molecule has 3 rings (SSSR count). The van der Waals surface area contributed by atoms with Gasteiger partial charge in [-0.25, -0.2) is 13.1 Å². The Bertz CT molecular complexity index is 1170. The molecular formula is C17H13F3N4O4S. The highest BCUT2D eigenvalue weighted by Crippen LogP contribution is 2.31. The van der Waals surface area contributed by atoms with E-state index in [0.717, 1.165) is 41.1 Å². The van der Waals surface area contributed by atoms with Crippen LogP contribution in [0.3, 0.4) is 0 Å². The highest BCUT2D eigenvalue weighted by atomic mass is 32.2. The largest absolute Gasteiger partial charge is 0.416 e. The lowest BCUT2D eigenvalue weighted by molar-refractivity contribution is -0.384. The summed E-state index contributed by atoms with van der Waals surface area (Å²) < 4.78 is 67.4. The number of rotatable bonds is 5. The molecule has 1 N–H and O–H groups in total. The second-order valence-corrected chi connectivity index (χ2v) is 7.67. The molecule has 0 bridgehead atoms. The van der Waals surface area contributed by atoms with Gasteiger partial charge in [0.2, 0.25) is 0 Å². The minimum absolute atomic E-state index is 0.00863. The minimum Gasteiger partial charge on any atom is -0.263 e. The summed E-state index contributed by atoms with van der Waals surface area (Å²) in [6, 6.07) is 9.79. The number of nitrogens with one attached hydrogen (secondary N) is 1. The third-order valence-corrected chi connectivity index (χ3v) is 5.22. The second kappa shape index (κ2) is 7.20. The Hall–Kier alpha value is -3.41. The Kier molecular flexibility index (Phi) is 5.05. The molecule has 0 unspecified atom stereocenters. The highest BCUT2D eigenvalue weighted by molar-refractivity contribution is 7.92. The number of sulfonamides is 1. The summed E-state index contributed by atoms with van der Waals surface area (Å²) in [7, 11) is -4.17. The van der Waals surface area contributed by atoms with Crippen LogP contribution < -0.4 is 4.72 Å². The van der Waals surface area contributed by atoms with Gasteiger partial charge in [-0.1, -0.05) is 6.07 Å². The predicted octanol–water partition coefficient (Wildman–Crippen LogP) is 3.91. The lowest BCUT2D eigenvalue weighted by Gasteiger charge is -2.12. The first kappa shape index (κ1) is 20.3. The van der Waals surface area contributed by atoms with E-state index < -0.39 is 26.7 Å². The van der Waals surface area contributed by atoms with Crippen LogP contribution in [-0.4, -0.2) is 23.1 Å². The summed E-state index contributed by atoms with van der Waals surface area (Å²) in [4.78, 5) is 9.78. The second-order valence-electron chi connectivity index (χ2n) is 5.99. The number of hydrogen-bond donors (Lipinski definition) is 1. The van der Waals surface area contributed by atoms with Crippen LogP contribution in [0.5, 0.6) is 0 Å². The fourth-order valence-corrected chi connectivity index (χ4v) is 3.56. The molecule has 8 nitrogen and oxygen atoms in total. The topological polar surface area (TPSA) is 107 Å². The molecule has 0 atom stereocenters. The van der Waals surface area contributed by atoms with Crippen LogP contribution in [-0.2, 0) is 16.2 Å². The monoisotopic (exact) mass is 426 g/mol. The van der Waals surface area contributed by atoms with Crippen LogP contribution in [0, 0.1) is 17.0 Å². The van der Waals surface area contributed by atoms with Crippen molar-refractivity contribution in [3.05, 3.63) is 76.0 Å². The molecule has 12 heteroatoms. The van der Waals surface area contributed by atoms with Crippen LogP contribution in [0.25, 0.3) is 5.69 Å². The van der Waals surface area contributed by atoms with E-state index in [-0.39, 0.29) is 22.1 Å². The average Bonchev–Trinajstić information content (AvgIpc) is 3.00. The SMILES string of the molecule is Cc1cc(NS(=O)(=O)c2ccc([N+](=O)[O-])cc2)n(-c2cccc(C(F)(F)F)c2)n1. The number of aryl methyl sites for hydroxylation is 1. The molecule has 0 saturated carbocycles. The van der Waals surface area contributed by atoms with Crippen LogP contribution >= 0.6 is 0 Å². The van der Waals surface area contributed by atoms with Gasteiger partial charge in [-0.3, -0.25) is 14.8 Å². The zero-order valence-electron chi connectivity index (χ0n) is 14.7. The van der Waals surface area contributed by atoms with Crippen molar-refractivity contribution in [2.75, 3.05) is 4.72 Å². The van der Waals surface area contributed by atoms with E-state index in [2.05, 4.69) is 9.82 Å². The molecule has 0 aliphatic heterocycles. The van der Waals surface area contributed by atoms with Crippen molar-refractivity contribution >= 4 is 21.5 Å². The summed E-state index contributed by atoms with van der Waals surface area (Å²) in [5.41, 5.74) is -0.820. The molecule has 2 aromatic carbocycles. The molecule has 1 heterocycles. The van der Waals surface area contributed by atoms with Crippen molar-refractivity contribution in [2.45, 2.75) is 18.0 Å². The molecule has 0 amide bonds. The maximum atomic E-state index is 13.0. The minimum atomic E-state index is -4.57. The van der Waals surface area contributed by atoms with E-state index >= 15 is 0 Å². The van der Waals surface area contributed by atoms with Gasteiger partial charge >= 0.3 is 6.18 Å². The lowest BCUT2D eigenvalue weighted by atomic mass is 10.2. The quantitative estimate of drug-likeness (QED) is 0.492. The van der Waals surface area contributed by atoms with Crippen molar-refractivity contribution in [3.8, 4) is 5.69 Å². The van der Waals surface area contributed by atoms with Gasteiger partial charge in [0.1, 0.15) is 5.82 Å². The first-order chi connectivity index (χ1) is 13.5. The Morgan fingerprint density at radius 1 is 1.10 bits per heavy atom. The van der Waals surface area contributed by atoms with Crippen molar-refractivity contribution in [1.29, 1.82) is 0 Å². The van der Waals surface area contributed by atoms with E-state index in [1.807, 2.05) is 0 Å². The van der Waals surface area contributed by atoms with Gasteiger partial charge in [0, 0.05) is 18.2 Å². The number of benzene rings is 2. The number of alkyl halides is 3. The Morgan fingerprint density at radius 2 is 1.76 bits per heavy atom. The molecule has 0 aliphatic carbocycles. The van der Waals surface area contributed by atoms with Gasteiger partial charge in [0.25, 0.3) is 15.7 Å². The van der Waals surface area contributed by atoms with Gasteiger partial charge in [0.15, 0.2) is 0 Å². The molecule has 0 spiro atoms. The molecule has 0 radical (unpaired) electrons. The summed E-state index contributed by atoms with van der Waals surface area (Å²) >= 11 is 0. The Morgan fingerprint density at radius 3 is 2.34 bits per heavy atom. The fourth-order valence-electron chi connectivity index (χ4n) is 2.53. The van der Waals surface area contributed by atoms with E-state index in [1.54, 1.807) is 6.92 Å². The normalized spacial score (nSPS) is 12.0. The lowest BCUT2D eigenvalue weighted by Crippen LogP contribution is -2.16. The number of aromatic nitrogens is 2. The number of hydrogen-bond acceptors (Lipinski definition) is 5. The molecular weight excluding hydrogens is 413 g/mol. The van der Waals surface area contributed by atoms with Crippen LogP contribution in [0.4, 0.5) is 24.7 Å². The number of nitro benzene ring substituents is 1. The van der Waals surface area contributed by atoms with Gasteiger partial charge in [-0.2, -0.15) is 18.3 Å². The van der Waals surface area contributed by atoms with E-state index in [9.17, 15) is 31.7 Å². The molecule has 0 aliphatic rings. The number of anilines is 1. The number of non-ortho nitro benzene ring substituents is 1. The van der Waals surface area contributed by atoms with Gasteiger partial charge in [-0.15, -0.1) is 0 Å². The van der Waals surface area contributed by atoms with Gasteiger partial charge < -0.3 is 0 Å². The summed E-state index contributed by atoms with van der Waals surface area (Å²) in [6.45, 7) is 1.55. The van der Waals surface area contributed by atoms with E-state index in [0.29, 0.717) is 5.69 Å². The zero-order chi connectivity index (χ0) is 21.4. The van der Waals surface area contributed by atoms with E-state index in [1.165, 1.54) is 18.2 Å². The number of nitrogens with zero attached hydrogens (tertiary/aromatic N) is 3. The standard InChI is InChI=1S/C17H13F3N4O4S/c1-11-9-16(22-29(27,28)15-7-5-13(6-8-15)24(25)26)23(21-11)14-4-2-3-12(10-14)17(18,19)20/h2-10,22H,1H3. The molecule has 152 valence electrons. The van der Waals surface area contributed by atoms with Crippen LogP contribution in [0.2, 0.25) is 0 Å². The van der Waals surface area contributed by atoms with Crippen molar-refractivity contribution in [2.24, 2.45) is 0 Å². The molecule has 1 aromatic heterocycles. The number of nitro groups is 1. The maximum Gasteiger partial charge on any atom is 0.416 e. The molecule has 0 saturated heterocycles. The molecule has 0 fully saturated rings. The van der Waals surface area contributed by atoms with Crippen LogP contribution in [0.15, 0.2) is 59.5 Å². The maximum absolute atomic E-state index is 13.0. The summed E-state index contributed by atoms with van der Waals surface area (Å²) in [5, 5.41) is 14.8. The Labute approximate surface area is 162 Å². The van der Waals surface area contributed by atoms with Crippen LogP contribution in [0.1, 0.15) is 11.3 Å². The number of halogens is 3. The van der Waals surface area contributed by atoms with Crippen molar-refractivity contribution in [1.82, 2.24) is 9.78 Å². The molecule has 3 aromatic rings. The third kappa shape index (κ3) is 4.37. The molecule has 29 heavy (non-hydrogen) atoms. The Balaban J connectivity index is 1.98. The van der Waals surface area contributed by atoms with Crippen molar-refractivity contribution in [3.63, 3.8) is 0 Å². The summed E-state index contributed by atoms with van der Waals surface area (Å²) in [5.74, 6) is -0.0832. The third-order valence-electron chi connectivity index (χ3n) is 3.85. The zero-order valence-corrected chi connectivity index (χ0v) is 15.5. The first-order valence-electron chi connectivity index (χ1n) is 7.99. The van der Waals surface area contributed by atoms with Gasteiger partial charge in [-0.05, 0) is 37.3 Å². The van der Waals surface area contributed by atoms with Gasteiger partial charge in [0.05, 0.1) is 26.8 Å². The fraction of sp³-hybridized carbons (Fsp3) is 0.118. The first-order valence-corrected chi connectivity index (χ1v) is 9.47. The predicted molar refractivity (Wildman–Crippen MR) is 97.2 cm³/mol. The smallest absolute Gasteiger partial charge is 0.263 e. The van der Waals surface area contributed by atoms with Crippen molar-refractivity contribution < 1.29 is 26.5 Å². The average molecular weight is 426 g/mol. The highest BCUT2D eigenvalue weighted by Gasteiger charge is 2.31. The van der Waals surface area contributed by atoms with E-state index in [4.69, 9.17) is 0 Å². The summed E-state index contributed by atoms with van der Waals surface area (Å²) in [6.07, 6.45) is -4.57.